The molecule has 0 aliphatic heterocycles. The Kier molecular flexibility index (Phi) is 5.00. The van der Waals surface area contributed by atoms with Crippen LogP contribution in [-0.4, -0.2) is 35.0 Å². The largest absolute Gasteiger partial charge is 0.388 e. The van der Waals surface area contributed by atoms with Crippen molar-refractivity contribution in [2.45, 2.75) is 32.3 Å². The van der Waals surface area contributed by atoms with Gasteiger partial charge in [0.1, 0.15) is 0 Å². The van der Waals surface area contributed by atoms with E-state index >= 15 is 0 Å². The number of benzene rings is 1. The van der Waals surface area contributed by atoms with Crippen molar-refractivity contribution < 1.29 is 19.5 Å². The van der Waals surface area contributed by atoms with Gasteiger partial charge in [-0.1, -0.05) is 0 Å². The molecule has 0 aromatic heterocycles. The first-order valence-electron chi connectivity index (χ1n) is 7.47. The molecule has 0 saturated heterocycles. The molecular weight excluding hydrogens is 298 g/mol. The maximum Gasteiger partial charge on any atom is 0.313 e. The van der Waals surface area contributed by atoms with Crippen molar-refractivity contribution in [2.24, 2.45) is 5.92 Å². The molecule has 1 fully saturated rings. The highest BCUT2D eigenvalue weighted by atomic mass is 16.3. The second-order valence-corrected chi connectivity index (χ2v) is 6.03. The molecule has 0 bridgehead atoms. The number of nitrogens with one attached hydrogen (secondary N) is 3. The van der Waals surface area contributed by atoms with Crippen molar-refractivity contribution in [1.82, 2.24) is 5.32 Å². The summed E-state index contributed by atoms with van der Waals surface area (Å²) < 4.78 is 0. The Balaban J connectivity index is 1.83. The quantitative estimate of drug-likeness (QED) is 0.604. The van der Waals surface area contributed by atoms with Crippen molar-refractivity contribution in [3.63, 3.8) is 0 Å². The lowest BCUT2D eigenvalue weighted by Crippen LogP contribution is -2.45. The minimum atomic E-state index is -0.976. The molecule has 3 amide bonds. The van der Waals surface area contributed by atoms with Gasteiger partial charge in [0.2, 0.25) is 5.91 Å². The van der Waals surface area contributed by atoms with E-state index in [1.165, 1.54) is 6.92 Å². The number of carbonyl (C=O) groups is 3. The van der Waals surface area contributed by atoms with Crippen molar-refractivity contribution in [1.29, 1.82) is 0 Å². The summed E-state index contributed by atoms with van der Waals surface area (Å²) in [6.07, 6.45) is 1.88. The molecular formula is C16H21N3O4. The zero-order valence-electron chi connectivity index (χ0n) is 13.2. The molecule has 1 aliphatic carbocycles. The van der Waals surface area contributed by atoms with Gasteiger partial charge < -0.3 is 21.1 Å². The van der Waals surface area contributed by atoms with Gasteiger partial charge in [-0.05, 0) is 49.9 Å². The minimum Gasteiger partial charge on any atom is -0.388 e. The fourth-order valence-electron chi connectivity index (χ4n) is 2.22. The zero-order valence-corrected chi connectivity index (χ0v) is 13.2. The van der Waals surface area contributed by atoms with E-state index in [0.717, 1.165) is 12.8 Å². The van der Waals surface area contributed by atoms with E-state index in [2.05, 4.69) is 16.0 Å². The van der Waals surface area contributed by atoms with Gasteiger partial charge in [0.15, 0.2) is 0 Å². The Labute approximate surface area is 134 Å². The van der Waals surface area contributed by atoms with E-state index in [4.69, 9.17) is 0 Å². The predicted molar refractivity (Wildman–Crippen MR) is 85.7 cm³/mol. The minimum absolute atomic E-state index is 0.0470. The number of anilines is 2. The molecule has 0 radical (unpaired) electrons. The van der Waals surface area contributed by atoms with Crippen LogP contribution in [0.1, 0.15) is 26.7 Å². The lowest BCUT2D eigenvalue weighted by Gasteiger charge is -2.22. The van der Waals surface area contributed by atoms with Gasteiger partial charge in [0.25, 0.3) is 0 Å². The highest BCUT2D eigenvalue weighted by Gasteiger charge is 2.40. The number of aliphatic hydroxyl groups is 1. The van der Waals surface area contributed by atoms with Crippen LogP contribution in [0.15, 0.2) is 24.3 Å². The number of rotatable bonds is 5. The van der Waals surface area contributed by atoms with E-state index < -0.39 is 17.4 Å². The Morgan fingerprint density at radius 3 is 2.09 bits per heavy atom. The normalized spacial score (nSPS) is 16.1. The average molecular weight is 319 g/mol. The van der Waals surface area contributed by atoms with Gasteiger partial charge in [0, 0.05) is 24.8 Å². The molecule has 4 N–H and O–H groups in total. The lowest BCUT2D eigenvalue weighted by molar-refractivity contribution is -0.136. The van der Waals surface area contributed by atoms with Crippen LogP contribution in [0, 0.1) is 5.92 Å². The molecule has 1 aliphatic rings. The van der Waals surface area contributed by atoms with Crippen LogP contribution in [0.4, 0.5) is 11.4 Å². The Hall–Kier alpha value is -2.41. The summed E-state index contributed by atoms with van der Waals surface area (Å²) in [5.74, 6) is -1.60. The number of hydrogen-bond donors (Lipinski definition) is 4. The summed E-state index contributed by atoms with van der Waals surface area (Å²) in [6.45, 7) is 3.10. The van der Waals surface area contributed by atoms with Crippen LogP contribution in [0.5, 0.6) is 0 Å². The maximum atomic E-state index is 11.8. The van der Waals surface area contributed by atoms with Crippen LogP contribution >= 0.6 is 0 Å². The third kappa shape index (κ3) is 5.07. The first kappa shape index (κ1) is 17.0. The van der Waals surface area contributed by atoms with Gasteiger partial charge in [-0.3, -0.25) is 14.4 Å². The molecule has 1 saturated carbocycles. The Bertz CT molecular complexity index is 606. The second-order valence-electron chi connectivity index (χ2n) is 6.03. The summed E-state index contributed by atoms with van der Waals surface area (Å²) in [7, 11) is 0. The Morgan fingerprint density at radius 2 is 1.61 bits per heavy atom. The third-order valence-corrected chi connectivity index (χ3v) is 3.73. The molecule has 1 aromatic carbocycles. The molecule has 0 spiro atoms. The van der Waals surface area contributed by atoms with Gasteiger partial charge in [-0.15, -0.1) is 0 Å². The molecule has 1 atom stereocenters. The van der Waals surface area contributed by atoms with E-state index in [9.17, 15) is 19.5 Å². The van der Waals surface area contributed by atoms with E-state index in [0.29, 0.717) is 11.4 Å². The number of carbonyl (C=O) groups excluding carboxylic acids is 3. The monoisotopic (exact) mass is 319 g/mol. The molecule has 1 aromatic rings. The number of hydrogen-bond acceptors (Lipinski definition) is 4. The summed E-state index contributed by atoms with van der Waals surface area (Å²) >= 11 is 0. The van der Waals surface area contributed by atoms with Gasteiger partial charge in [0.05, 0.1) is 5.60 Å². The summed E-state index contributed by atoms with van der Waals surface area (Å²) in [4.78, 5) is 34.5. The summed E-state index contributed by atoms with van der Waals surface area (Å²) in [5.41, 5.74) is 0.0595. The molecule has 7 nitrogen and oxygen atoms in total. The fraction of sp³-hybridized carbons (Fsp3) is 0.438. The topological polar surface area (TPSA) is 108 Å². The first-order chi connectivity index (χ1) is 10.8. The molecule has 0 heterocycles. The molecule has 23 heavy (non-hydrogen) atoms. The average Bonchev–Trinajstić information content (AvgIpc) is 3.31. The van der Waals surface area contributed by atoms with Gasteiger partial charge >= 0.3 is 11.8 Å². The maximum absolute atomic E-state index is 11.8. The van der Waals surface area contributed by atoms with E-state index in [1.807, 2.05) is 0 Å². The molecule has 1 unspecified atom stereocenters. The van der Waals surface area contributed by atoms with Crippen molar-refractivity contribution >= 4 is 29.1 Å². The number of amides is 3. The second kappa shape index (κ2) is 6.78. The standard InChI is InChI=1S/C16H21N3O4/c1-10(20)18-12-5-7-13(8-6-12)19-15(22)14(21)17-9-16(2,23)11-3-4-11/h5-8,11,23H,3-4,9H2,1-2H3,(H,17,21)(H,18,20)(H,19,22). The van der Waals surface area contributed by atoms with E-state index in [-0.39, 0.29) is 18.4 Å². The summed E-state index contributed by atoms with van der Waals surface area (Å²) in [5, 5.41) is 17.6. The highest BCUT2D eigenvalue weighted by molar-refractivity contribution is 6.39. The van der Waals surface area contributed by atoms with Gasteiger partial charge in [-0.25, -0.2) is 0 Å². The van der Waals surface area contributed by atoms with Crippen molar-refractivity contribution in [2.75, 3.05) is 17.2 Å². The van der Waals surface area contributed by atoms with Crippen LogP contribution < -0.4 is 16.0 Å². The van der Waals surface area contributed by atoms with E-state index in [1.54, 1.807) is 31.2 Å². The van der Waals surface area contributed by atoms with Crippen molar-refractivity contribution in [3.05, 3.63) is 24.3 Å². The third-order valence-electron chi connectivity index (χ3n) is 3.73. The fourth-order valence-corrected chi connectivity index (χ4v) is 2.22. The van der Waals surface area contributed by atoms with Crippen LogP contribution in [0.3, 0.4) is 0 Å². The van der Waals surface area contributed by atoms with Gasteiger partial charge in [-0.2, -0.15) is 0 Å². The molecule has 2 rings (SSSR count). The lowest BCUT2D eigenvalue weighted by atomic mass is 10.0. The molecule has 124 valence electrons. The highest BCUT2D eigenvalue weighted by Crippen LogP contribution is 2.38. The summed E-state index contributed by atoms with van der Waals surface area (Å²) in [6, 6.07) is 6.40. The smallest absolute Gasteiger partial charge is 0.313 e. The SMILES string of the molecule is CC(=O)Nc1ccc(NC(=O)C(=O)NCC(C)(O)C2CC2)cc1. The van der Waals surface area contributed by atoms with Crippen LogP contribution in [-0.2, 0) is 14.4 Å². The van der Waals surface area contributed by atoms with Crippen LogP contribution in [0.25, 0.3) is 0 Å². The van der Waals surface area contributed by atoms with Crippen LogP contribution in [0.2, 0.25) is 0 Å². The predicted octanol–water partition coefficient (Wildman–Crippen LogP) is 0.861. The first-order valence-corrected chi connectivity index (χ1v) is 7.47. The van der Waals surface area contributed by atoms with Crippen molar-refractivity contribution in [3.8, 4) is 0 Å². The Morgan fingerprint density at radius 1 is 1.09 bits per heavy atom. The molecule has 7 heteroatoms. The zero-order chi connectivity index (χ0) is 17.0.